The number of hydrogen-bond donors (Lipinski definition) is 2. The van der Waals surface area contributed by atoms with Crippen LogP contribution in [0, 0.1) is 5.92 Å². The summed E-state index contributed by atoms with van der Waals surface area (Å²) in [5.41, 5.74) is 1.42. The molecule has 2 N–H and O–H groups in total. The van der Waals surface area contributed by atoms with Gasteiger partial charge in [0.05, 0.1) is 20.3 Å². The average molecular weight is 498 g/mol. The second-order valence-corrected chi connectivity index (χ2v) is 7.91. The molecule has 0 saturated heterocycles. The van der Waals surface area contributed by atoms with Crippen LogP contribution >= 0.6 is 0 Å². The highest BCUT2D eigenvalue weighted by atomic mass is 16.6. The molecule has 0 aliphatic heterocycles. The third kappa shape index (κ3) is 10.2. The van der Waals surface area contributed by atoms with Gasteiger partial charge < -0.3 is 24.1 Å². The first-order valence-corrected chi connectivity index (χ1v) is 11.9. The SMILES string of the molecule is CCOC(=O)/C=C/C=C/CC[C@H](C)[C@@H](OC(=O)Nc1ccc(OC)cc1)c1ccc(OCCO)cc1. The monoisotopic (exact) mass is 497 g/mol. The van der Waals surface area contributed by atoms with Crippen molar-refractivity contribution in [2.24, 2.45) is 5.92 Å². The molecule has 0 aromatic heterocycles. The number of nitrogens with one attached hydrogen (secondary N) is 1. The Kier molecular flexibility index (Phi) is 12.6. The molecular weight excluding hydrogens is 462 g/mol. The Hall–Kier alpha value is -3.78. The van der Waals surface area contributed by atoms with Crippen LogP contribution in [0.5, 0.6) is 11.5 Å². The van der Waals surface area contributed by atoms with Gasteiger partial charge in [0.2, 0.25) is 0 Å². The van der Waals surface area contributed by atoms with Crippen molar-refractivity contribution in [3.05, 3.63) is 78.4 Å². The summed E-state index contributed by atoms with van der Waals surface area (Å²) in [6.07, 6.45) is 7.17. The summed E-state index contributed by atoms with van der Waals surface area (Å²) in [5.74, 6) is 0.931. The molecule has 0 unspecified atom stereocenters. The number of allylic oxidation sites excluding steroid dienone is 3. The quantitative estimate of drug-likeness (QED) is 0.203. The Bertz CT molecular complexity index is 984. The summed E-state index contributed by atoms with van der Waals surface area (Å²) in [4.78, 5) is 24.1. The number of benzene rings is 2. The highest BCUT2D eigenvalue weighted by molar-refractivity contribution is 5.84. The van der Waals surface area contributed by atoms with Crippen molar-refractivity contribution in [2.45, 2.75) is 32.8 Å². The van der Waals surface area contributed by atoms with Crippen molar-refractivity contribution < 1.29 is 33.6 Å². The molecule has 36 heavy (non-hydrogen) atoms. The first-order valence-electron chi connectivity index (χ1n) is 11.9. The maximum Gasteiger partial charge on any atom is 0.412 e. The number of anilines is 1. The van der Waals surface area contributed by atoms with E-state index in [-0.39, 0.29) is 25.1 Å². The van der Waals surface area contributed by atoms with Crippen LogP contribution in [0.4, 0.5) is 10.5 Å². The van der Waals surface area contributed by atoms with E-state index in [0.29, 0.717) is 23.8 Å². The van der Waals surface area contributed by atoms with E-state index in [2.05, 4.69) is 5.32 Å². The van der Waals surface area contributed by atoms with Gasteiger partial charge in [0, 0.05) is 11.8 Å². The summed E-state index contributed by atoms with van der Waals surface area (Å²) < 4.78 is 21.3. The zero-order chi connectivity index (χ0) is 26.2. The van der Waals surface area contributed by atoms with Crippen LogP contribution in [0.2, 0.25) is 0 Å². The van der Waals surface area contributed by atoms with E-state index in [9.17, 15) is 9.59 Å². The minimum absolute atomic E-state index is 0.00508. The molecule has 194 valence electrons. The predicted octanol–water partition coefficient (Wildman–Crippen LogP) is 5.45. The molecule has 8 heteroatoms. The maximum atomic E-state index is 12.7. The molecule has 2 rings (SSSR count). The average Bonchev–Trinajstić information content (AvgIpc) is 2.89. The first-order chi connectivity index (χ1) is 17.5. The fourth-order valence-corrected chi connectivity index (χ4v) is 3.38. The second-order valence-electron chi connectivity index (χ2n) is 7.91. The van der Waals surface area contributed by atoms with E-state index in [1.165, 1.54) is 6.08 Å². The standard InChI is InChI=1S/C28H35NO7/c1-4-34-26(31)10-8-6-5-7-9-21(2)27(22-11-15-25(16-12-22)35-20-19-30)36-28(32)29-23-13-17-24(33-3)18-14-23/h5-6,8,10-18,21,27,30H,4,7,9,19-20H2,1-3H3,(H,29,32)/b6-5+,10-8+/t21-,27+/m0/s1. The van der Waals surface area contributed by atoms with Crippen LogP contribution in [0.25, 0.3) is 0 Å². The zero-order valence-electron chi connectivity index (χ0n) is 21.0. The topological polar surface area (TPSA) is 103 Å². The Morgan fingerprint density at radius 3 is 2.36 bits per heavy atom. The number of methoxy groups -OCH3 is 1. The number of esters is 1. The number of ether oxygens (including phenoxy) is 4. The Morgan fingerprint density at radius 2 is 1.72 bits per heavy atom. The van der Waals surface area contributed by atoms with Crippen LogP contribution in [-0.2, 0) is 14.3 Å². The van der Waals surface area contributed by atoms with Gasteiger partial charge in [-0.1, -0.05) is 37.3 Å². The van der Waals surface area contributed by atoms with Gasteiger partial charge in [0.15, 0.2) is 0 Å². The first kappa shape index (κ1) is 28.5. The number of aliphatic hydroxyl groups excluding tert-OH is 1. The van der Waals surface area contributed by atoms with Crippen LogP contribution in [0.15, 0.2) is 72.8 Å². The van der Waals surface area contributed by atoms with Crippen molar-refractivity contribution in [2.75, 3.05) is 32.2 Å². The summed E-state index contributed by atoms with van der Waals surface area (Å²) in [5, 5.41) is 11.7. The number of aliphatic hydroxyl groups is 1. The van der Waals surface area contributed by atoms with Gasteiger partial charge in [0.1, 0.15) is 24.2 Å². The van der Waals surface area contributed by atoms with Crippen molar-refractivity contribution in [1.82, 2.24) is 0 Å². The number of carbonyl (C=O) groups excluding carboxylic acids is 2. The number of hydrogen-bond acceptors (Lipinski definition) is 7. The van der Waals surface area contributed by atoms with Gasteiger partial charge >= 0.3 is 12.1 Å². The smallest absolute Gasteiger partial charge is 0.412 e. The summed E-state index contributed by atoms with van der Waals surface area (Å²) in [7, 11) is 1.58. The van der Waals surface area contributed by atoms with E-state index in [1.54, 1.807) is 62.6 Å². The lowest BCUT2D eigenvalue weighted by atomic mass is 9.93. The molecule has 0 aliphatic carbocycles. The highest BCUT2D eigenvalue weighted by Gasteiger charge is 2.23. The van der Waals surface area contributed by atoms with Gasteiger partial charge in [-0.05, 0) is 67.6 Å². The largest absolute Gasteiger partial charge is 0.497 e. The van der Waals surface area contributed by atoms with Gasteiger partial charge in [-0.15, -0.1) is 0 Å². The molecule has 0 heterocycles. The van der Waals surface area contributed by atoms with Crippen LogP contribution in [-0.4, -0.2) is 44.1 Å². The minimum atomic E-state index is -0.564. The molecular formula is C28H35NO7. The van der Waals surface area contributed by atoms with Crippen LogP contribution in [0.3, 0.4) is 0 Å². The van der Waals surface area contributed by atoms with E-state index >= 15 is 0 Å². The van der Waals surface area contributed by atoms with Gasteiger partial charge in [-0.25, -0.2) is 9.59 Å². The van der Waals surface area contributed by atoms with E-state index in [0.717, 1.165) is 18.4 Å². The van der Waals surface area contributed by atoms with Crippen molar-refractivity contribution in [3.63, 3.8) is 0 Å². The Morgan fingerprint density at radius 1 is 1.03 bits per heavy atom. The Labute approximate surface area is 212 Å². The van der Waals surface area contributed by atoms with Crippen molar-refractivity contribution in [3.8, 4) is 11.5 Å². The fraction of sp³-hybridized carbons (Fsp3) is 0.357. The van der Waals surface area contributed by atoms with Gasteiger partial charge in [-0.2, -0.15) is 0 Å². The molecule has 0 saturated carbocycles. The molecule has 8 nitrogen and oxygen atoms in total. The molecule has 2 aromatic carbocycles. The molecule has 2 atom stereocenters. The van der Waals surface area contributed by atoms with E-state index in [4.69, 9.17) is 24.1 Å². The van der Waals surface area contributed by atoms with Crippen molar-refractivity contribution >= 4 is 17.7 Å². The molecule has 0 radical (unpaired) electrons. The fourth-order valence-electron chi connectivity index (χ4n) is 3.38. The second kappa shape index (κ2) is 16.0. The van der Waals surface area contributed by atoms with Gasteiger partial charge in [0.25, 0.3) is 0 Å². The van der Waals surface area contributed by atoms with E-state index < -0.39 is 12.2 Å². The van der Waals surface area contributed by atoms with Crippen LogP contribution < -0.4 is 14.8 Å². The lowest BCUT2D eigenvalue weighted by Gasteiger charge is -2.25. The molecule has 2 aromatic rings. The molecule has 0 spiro atoms. The summed E-state index contributed by atoms with van der Waals surface area (Å²) in [6, 6.07) is 14.3. The van der Waals surface area contributed by atoms with Crippen LogP contribution in [0.1, 0.15) is 38.4 Å². The number of carbonyl (C=O) groups is 2. The van der Waals surface area contributed by atoms with E-state index in [1.807, 2.05) is 25.1 Å². The normalized spacial score (nSPS) is 12.8. The predicted molar refractivity (Wildman–Crippen MR) is 138 cm³/mol. The zero-order valence-corrected chi connectivity index (χ0v) is 21.0. The highest BCUT2D eigenvalue weighted by Crippen LogP contribution is 2.31. The van der Waals surface area contributed by atoms with Crippen molar-refractivity contribution in [1.29, 1.82) is 0 Å². The number of amides is 1. The lowest BCUT2D eigenvalue weighted by molar-refractivity contribution is -0.137. The molecule has 1 amide bonds. The molecule has 0 bridgehead atoms. The number of rotatable bonds is 14. The maximum absolute atomic E-state index is 12.7. The Balaban J connectivity index is 2.05. The summed E-state index contributed by atoms with van der Waals surface area (Å²) in [6.45, 7) is 4.25. The molecule has 0 fully saturated rings. The minimum Gasteiger partial charge on any atom is -0.497 e. The third-order valence-corrected chi connectivity index (χ3v) is 5.21. The van der Waals surface area contributed by atoms with Gasteiger partial charge in [-0.3, -0.25) is 5.32 Å². The third-order valence-electron chi connectivity index (χ3n) is 5.21. The molecule has 0 aliphatic rings. The summed E-state index contributed by atoms with van der Waals surface area (Å²) >= 11 is 0. The lowest BCUT2D eigenvalue weighted by Crippen LogP contribution is -2.22.